The molecule has 0 bridgehead atoms. The lowest BCUT2D eigenvalue weighted by atomic mass is 10.0. The van der Waals surface area contributed by atoms with Crippen molar-refractivity contribution in [2.24, 2.45) is 0 Å². The zero-order chi connectivity index (χ0) is 20.7. The van der Waals surface area contributed by atoms with Crippen molar-refractivity contribution in [1.29, 1.82) is 0 Å². The van der Waals surface area contributed by atoms with Crippen LogP contribution in [0.25, 0.3) is 11.4 Å². The molecule has 0 amide bonds. The first kappa shape index (κ1) is 22.0. The van der Waals surface area contributed by atoms with E-state index in [9.17, 15) is 5.11 Å². The summed E-state index contributed by atoms with van der Waals surface area (Å²) in [6, 6.07) is 4.08. The minimum atomic E-state index is 0.0166. The molecule has 28 heavy (non-hydrogen) atoms. The van der Waals surface area contributed by atoms with E-state index in [1.807, 2.05) is 19.9 Å². The Morgan fingerprint density at radius 3 is 2.21 bits per heavy atom. The lowest BCUT2D eigenvalue weighted by Crippen LogP contribution is -2.27. The molecule has 1 aromatic carbocycles. The van der Waals surface area contributed by atoms with Gasteiger partial charge in [-0.15, -0.1) is 0 Å². The summed E-state index contributed by atoms with van der Waals surface area (Å²) in [6.07, 6.45) is 2.46. The van der Waals surface area contributed by atoms with Crippen molar-refractivity contribution in [3.05, 3.63) is 29.0 Å². The smallest absolute Gasteiger partial charge is 0.241 e. The van der Waals surface area contributed by atoms with Gasteiger partial charge < -0.3 is 19.5 Å². The van der Waals surface area contributed by atoms with Gasteiger partial charge in [0.05, 0.1) is 25.5 Å². The molecule has 0 aliphatic heterocycles. The zero-order valence-corrected chi connectivity index (χ0v) is 18.0. The Hall–Kier alpha value is -2.34. The second kappa shape index (κ2) is 10.3. The number of hydrogen-bond acceptors (Lipinski definition) is 6. The van der Waals surface area contributed by atoms with E-state index in [0.717, 1.165) is 59.8 Å². The van der Waals surface area contributed by atoms with Crippen molar-refractivity contribution in [2.45, 2.75) is 47.0 Å². The highest BCUT2D eigenvalue weighted by Crippen LogP contribution is 2.37. The quantitative estimate of drug-likeness (QED) is 0.666. The summed E-state index contributed by atoms with van der Waals surface area (Å²) in [7, 11) is 3.29. The molecule has 0 spiro atoms. The molecular weight excluding hydrogens is 354 g/mol. The Bertz CT molecular complexity index is 787. The highest BCUT2D eigenvalue weighted by molar-refractivity contribution is 5.72. The van der Waals surface area contributed by atoms with Crippen LogP contribution >= 0.6 is 0 Å². The molecule has 2 aromatic rings. The number of nitrogens with zero attached hydrogens (tertiary/aromatic N) is 3. The third kappa shape index (κ3) is 4.73. The highest BCUT2D eigenvalue weighted by atomic mass is 16.5. The van der Waals surface area contributed by atoms with Gasteiger partial charge >= 0.3 is 0 Å². The summed E-state index contributed by atoms with van der Waals surface area (Å²) in [5.74, 6) is 1.84. The molecule has 0 aliphatic rings. The zero-order valence-electron chi connectivity index (χ0n) is 18.0. The van der Waals surface area contributed by atoms with Gasteiger partial charge in [0.2, 0.25) is 5.88 Å². The molecule has 0 radical (unpaired) electrons. The molecule has 0 atom stereocenters. The van der Waals surface area contributed by atoms with E-state index < -0.39 is 0 Å². The number of methoxy groups -OCH3 is 2. The molecule has 154 valence electrons. The lowest BCUT2D eigenvalue weighted by Gasteiger charge is -2.27. The summed E-state index contributed by atoms with van der Waals surface area (Å²) in [6.45, 7) is 10.2. The number of aliphatic hydroxyl groups excluding tert-OH is 1. The number of aryl methyl sites for hydroxylation is 2. The van der Waals surface area contributed by atoms with Crippen LogP contribution in [0.15, 0.2) is 12.1 Å². The number of hydrogen-bond donors (Lipinski definition) is 1. The third-order valence-corrected chi connectivity index (χ3v) is 4.66. The molecule has 1 N–H and O–H groups in total. The standard InChI is InChI=1S/C22H33N3O3/c1-7-10-25(11-8-2)20-17(9-12-26)23-21(24-22(20)28-6)19-16(4)13-15(3)14-18(19)27-5/h13-14,26H,7-12H2,1-6H3. The maximum atomic E-state index is 9.66. The van der Waals surface area contributed by atoms with Gasteiger partial charge in [-0.05, 0) is 43.9 Å². The molecule has 0 saturated heterocycles. The molecular formula is C22H33N3O3. The lowest BCUT2D eigenvalue weighted by molar-refractivity contribution is 0.298. The predicted molar refractivity (Wildman–Crippen MR) is 114 cm³/mol. The van der Waals surface area contributed by atoms with Crippen molar-refractivity contribution < 1.29 is 14.6 Å². The van der Waals surface area contributed by atoms with Crippen LogP contribution < -0.4 is 14.4 Å². The van der Waals surface area contributed by atoms with Crippen LogP contribution in [-0.2, 0) is 6.42 Å². The van der Waals surface area contributed by atoms with Crippen LogP contribution in [0, 0.1) is 13.8 Å². The fraction of sp³-hybridized carbons (Fsp3) is 0.545. The van der Waals surface area contributed by atoms with Crippen molar-refractivity contribution in [1.82, 2.24) is 9.97 Å². The largest absolute Gasteiger partial charge is 0.496 e. The van der Waals surface area contributed by atoms with E-state index in [0.29, 0.717) is 18.1 Å². The van der Waals surface area contributed by atoms with E-state index in [1.165, 1.54) is 0 Å². The molecule has 0 unspecified atom stereocenters. The van der Waals surface area contributed by atoms with E-state index in [2.05, 4.69) is 24.8 Å². The predicted octanol–water partition coefficient (Wildman–Crippen LogP) is 3.94. The van der Waals surface area contributed by atoms with Gasteiger partial charge in [0.1, 0.15) is 11.4 Å². The summed E-state index contributed by atoms with van der Waals surface area (Å²) in [4.78, 5) is 11.9. The van der Waals surface area contributed by atoms with E-state index >= 15 is 0 Å². The molecule has 1 heterocycles. The molecule has 0 saturated carbocycles. The Morgan fingerprint density at radius 2 is 1.68 bits per heavy atom. The average molecular weight is 388 g/mol. The molecule has 0 fully saturated rings. The summed E-state index contributed by atoms with van der Waals surface area (Å²) in [5.41, 5.74) is 4.70. The second-order valence-corrected chi connectivity index (χ2v) is 6.97. The summed E-state index contributed by atoms with van der Waals surface area (Å²) in [5, 5.41) is 9.66. The molecule has 0 aliphatic carbocycles. The van der Waals surface area contributed by atoms with Gasteiger partial charge in [-0.2, -0.15) is 4.98 Å². The van der Waals surface area contributed by atoms with Crippen LogP contribution in [0.3, 0.4) is 0 Å². The highest BCUT2D eigenvalue weighted by Gasteiger charge is 2.23. The van der Waals surface area contributed by atoms with Gasteiger partial charge in [-0.1, -0.05) is 19.9 Å². The topological polar surface area (TPSA) is 67.7 Å². The van der Waals surface area contributed by atoms with Crippen molar-refractivity contribution in [2.75, 3.05) is 38.8 Å². The SMILES string of the molecule is CCCN(CCC)c1c(CCO)nc(-c2c(C)cc(C)cc2OC)nc1OC. The van der Waals surface area contributed by atoms with Crippen molar-refractivity contribution >= 4 is 5.69 Å². The summed E-state index contributed by atoms with van der Waals surface area (Å²) < 4.78 is 11.3. The van der Waals surface area contributed by atoms with Gasteiger partial charge in [0.25, 0.3) is 0 Å². The second-order valence-electron chi connectivity index (χ2n) is 6.97. The van der Waals surface area contributed by atoms with E-state index in [4.69, 9.17) is 19.4 Å². The van der Waals surface area contributed by atoms with Gasteiger partial charge in [-0.3, -0.25) is 0 Å². The van der Waals surface area contributed by atoms with Gasteiger partial charge in [0.15, 0.2) is 5.82 Å². The van der Waals surface area contributed by atoms with Crippen molar-refractivity contribution in [3.8, 4) is 23.0 Å². The fourth-order valence-electron chi connectivity index (χ4n) is 3.58. The van der Waals surface area contributed by atoms with Crippen LogP contribution in [0.2, 0.25) is 0 Å². The Balaban J connectivity index is 2.72. The Kier molecular flexibility index (Phi) is 8.05. The number of aromatic nitrogens is 2. The Morgan fingerprint density at radius 1 is 1.00 bits per heavy atom. The van der Waals surface area contributed by atoms with Crippen LogP contribution in [-0.4, -0.2) is 49.0 Å². The number of rotatable bonds is 10. The summed E-state index contributed by atoms with van der Waals surface area (Å²) >= 11 is 0. The number of anilines is 1. The molecule has 1 aromatic heterocycles. The normalized spacial score (nSPS) is 10.8. The molecule has 6 heteroatoms. The molecule has 6 nitrogen and oxygen atoms in total. The first-order valence-corrected chi connectivity index (χ1v) is 9.96. The van der Waals surface area contributed by atoms with Crippen LogP contribution in [0.4, 0.5) is 5.69 Å². The number of benzene rings is 1. The third-order valence-electron chi connectivity index (χ3n) is 4.66. The molecule has 2 rings (SSSR count). The first-order chi connectivity index (χ1) is 13.5. The first-order valence-electron chi connectivity index (χ1n) is 9.96. The van der Waals surface area contributed by atoms with Crippen LogP contribution in [0.5, 0.6) is 11.6 Å². The van der Waals surface area contributed by atoms with Crippen molar-refractivity contribution in [3.63, 3.8) is 0 Å². The monoisotopic (exact) mass is 387 g/mol. The van der Waals surface area contributed by atoms with Crippen LogP contribution in [0.1, 0.15) is 43.5 Å². The maximum absolute atomic E-state index is 9.66. The van der Waals surface area contributed by atoms with Gasteiger partial charge in [0, 0.05) is 26.1 Å². The average Bonchev–Trinajstić information content (AvgIpc) is 2.66. The number of aliphatic hydroxyl groups is 1. The fourth-order valence-corrected chi connectivity index (χ4v) is 3.58. The Labute approximate surface area is 168 Å². The minimum absolute atomic E-state index is 0.0166. The van der Waals surface area contributed by atoms with Gasteiger partial charge in [-0.25, -0.2) is 4.98 Å². The van der Waals surface area contributed by atoms with E-state index in [1.54, 1.807) is 14.2 Å². The van der Waals surface area contributed by atoms with E-state index in [-0.39, 0.29) is 6.61 Å². The number of ether oxygens (including phenoxy) is 2. The minimum Gasteiger partial charge on any atom is -0.496 e. The maximum Gasteiger partial charge on any atom is 0.241 e.